The van der Waals surface area contributed by atoms with Gasteiger partial charge in [-0.25, -0.2) is 13.4 Å². The maximum atomic E-state index is 11.5. The Kier molecular flexibility index (Phi) is 3.60. The minimum absolute atomic E-state index is 0.0891. The molecule has 0 radical (unpaired) electrons. The molecular formula is C14H22N2O2S. The molecule has 1 aliphatic heterocycles. The number of pyridine rings is 1. The fourth-order valence-corrected chi connectivity index (χ4v) is 3.29. The van der Waals surface area contributed by atoms with Crippen LogP contribution in [0.4, 0.5) is 5.82 Å². The lowest BCUT2D eigenvalue weighted by Gasteiger charge is -2.21. The molecule has 19 heavy (non-hydrogen) atoms. The second-order valence-electron chi connectivity index (χ2n) is 6.34. The maximum Gasteiger partial charge on any atom is 0.152 e. The first kappa shape index (κ1) is 14.3. The SMILES string of the molecule is CC(C)(C)c1ccc(N2CCC(S(C)(=O)=O)C2)nc1. The summed E-state index contributed by atoms with van der Waals surface area (Å²) in [6, 6.07) is 4.07. The van der Waals surface area contributed by atoms with Crippen LogP contribution in [0.15, 0.2) is 18.3 Å². The van der Waals surface area contributed by atoms with E-state index in [2.05, 4.69) is 36.7 Å². The third-order valence-electron chi connectivity index (χ3n) is 3.69. The highest BCUT2D eigenvalue weighted by Crippen LogP contribution is 2.25. The predicted octanol–water partition coefficient (Wildman–Crippen LogP) is 2.00. The standard InChI is InChI=1S/C14H22N2O2S/c1-14(2,3)11-5-6-13(15-9-11)16-8-7-12(10-16)19(4,17)18/h5-6,9,12H,7-8,10H2,1-4H3. The first-order chi connectivity index (χ1) is 8.68. The molecule has 4 nitrogen and oxygen atoms in total. The van der Waals surface area contributed by atoms with Crippen molar-refractivity contribution in [2.75, 3.05) is 24.2 Å². The zero-order valence-electron chi connectivity index (χ0n) is 12.0. The lowest BCUT2D eigenvalue weighted by Crippen LogP contribution is -2.26. The van der Waals surface area contributed by atoms with Gasteiger partial charge in [0.2, 0.25) is 0 Å². The Morgan fingerprint density at radius 3 is 2.42 bits per heavy atom. The van der Waals surface area contributed by atoms with E-state index >= 15 is 0 Å². The van der Waals surface area contributed by atoms with E-state index in [-0.39, 0.29) is 10.7 Å². The number of anilines is 1. The van der Waals surface area contributed by atoms with Gasteiger partial charge in [-0.05, 0) is 23.5 Å². The Balaban J connectivity index is 2.13. The molecule has 2 heterocycles. The van der Waals surface area contributed by atoms with Gasteiger partial charge in [0.25, 0.3) is 0 Å². The molecule has 1 saturated heterocycles. The topological polar surface area (TPSA) is 50.3 Å². The van der Waals surface area contributed by atoms with Crippen molar-refractivity contribution in [1.29, 1.82) is 0 Å². The summed E-state index contributed by atoms with van der Waals surface area (Å²) < 4.78 is 23.1. The van der Waals surface area contributed by atoms with Crippen molar-refractivity contribution >= 4 is 15.7 Å². The van der Waals surface area contributed by atoms with Crippen LogP contribution in [0.2, 0.25) is 0 Å². The predicted molar refractivity (Wildman–Crippen MR) is 78.4 cm³/mol. The van der Waals surface area contributed by atoms with Gasteiger partial charge in [0.15, 0.2) is 9.84 Å². The summed E-state index contributed by atoms with van der Waals surface area (Å²) in [5, 5.41) is -0.253. The molecule has 5 heteroatoms. The second kappa shape index (κ2) is 4.78. The summed E-state index contributed by atoms with van der Waals surface area (Å²) in [4.78, 5) is 6.53. The number of rotatable bonds is 2. The molecule has 0 aliphatic carbocycles. The Labute approximate surface area is 115 Å². The van der Waals surface area contributed by atoms with Crippen LogP contribution in [0, 0.1) is 0 Å². The van der Waals surface area contributed by atoms with E-state index in [1.807, 2.05) is 12.3 Å². The van der Waals surface area contributed by atoms with E-state index in [0.717, 1.165) is 12.4 Å². The fourth-order valence-electron chi connectivity index (χ4n) is 2.30. The molecule has 0 spiro atoms. The monoisotopic (exact) mass is 282 g/mol. The van der Waals surface area contributed by atoms with E-state index < -0.39 is 9.84 Å². The fraction of sp³-hybridized carbons (Fsp3) is 0.643. The van der Waals surface area contributed by atoms with Crippen LogP contribution in [-0.2, 0) is 15.3 Å². The first-order valence-corrected chi connectivity index (χ1v) is 8.54. The minimum Gasteiger partial charge on any atom is -0.355 e. The van der Waals surface area contributed by atoms with Crippen molar-refractivity contribution in [3.05, 3.63) is 23.9 Å². The highest BCUT2D eigenvalue weighted by molar-refractivity contribution is 7.91. The van der Waals surface area contributed by atoms with Crippen molar-refractivity contribution in [2.45, 2.75) is 37.9 Å². The largest absolute Gasteiger partial charge is 0.355 e. The Hall–Kier alpha value is -1.10. The summed E-state index contributed by atoms with van der Waals surface area (Å²) >= 11 is 0. The molecule has 0 bridgehead atoms. The van der Waals surface area contributed by atoms with Gasteiger partial charge in [-0.2, -0.15) is 0 Å². The highest BCUT2D eigenvalue weighted by atomic mass is 32.2. The molecule has 106 valence electrons. The molecule has 0 amide bonds. The van der Waals surface area contributed by atoms with Crippen LogP contribution in [-0.4, -0.2) is 38.0 Å². The summed E-state index contributed by atoms with van der Waals surface area (Å²) in [5.74, 6) is 0.874. The van der Waals surface area contributed by atoms with Gasteiger partial charge in [0, 0.05) is 25.5 Å². The maximum absolute atomic E-state index is 11.5. The van der Waals surface area contributed by atoms with Crippen molar-refractivity contribution in [2.24, 2.45) is 0 Å². The zero-order chi connectivity index (χ0) is 14.3. The van der Waals surface area contributed by atoms with Gasteiger partial charge in [-0.3, -0.25) is 0 Å². The summed E-state index contributed by atoms with van der Waals surface area (Å²) in [7, 11) is -2.94. The van der Waals surface area contributed by atoms with E-state index in [4.69, 9.17) is 0 Å². The lowest BCUT2D eigenvalue weighted by molar-refractivity contribution is 0.587. The molecule has 0 N–H and O–H groups in total. The van der Waals surface area contributed by atoms with Crippen molar-refractivity contribution in [3.63, 3.8) is 0 Å². The molecule has 2 rings (SSSR count). The Bertz CT molecular complexity index is 544. The van der Waals surface area contributed by atoms with E-state index in [9.17, 15) is 8.42 Å². The number of nitrogens with zero attached hydrogens (tertiary/aromatic N) is 2. The van der Waals surface area contributed by atoms with Crippen LogP contribution in [0.3, 0.4) is 0 Å². The molecule has 1 aromatic rings. The van der Waals surface area contributed by atoms with Crippen LogP contribution in [0.1, 0.15) is 32.8 Å². The molecule has 0 saturated carbocycles. The van der Waals surface area contributed by atoms with Crippen molar-refractivity contribution in [1.82, 2.24) is 4.98 Å². The molecule has 1 fully saturated rings. The number of sulfone groups is 1. The van der Waals surface area contributed by atoms with E-state index in [1.165, 1.54) is 11.8 Å². The Morgan fingerprint density at radius 2 is 2.00 bits per heavy atom. The van der Waals surface area contributed by atoms with Crippen LogP contribution >= 0.6 is 0 Å². The minimum atomic E-state index is -2.94. The number of hydrogen-bond donors (Lipinski definition) is 0. The van der Waals surface area contributed by atoms with Gasteiger partial charge in [0.05, 0.1) is 5.25 Å². The van der Waals surface area contributed by atoms with Crippen molar-refractivity contribution < 1.29 is 8.42 Å². The molecular weight excluding hydrogens is 260 g/mol. The van der Waals surface area contributed by atoms with Gasteiger partial charge in [-0.15, -0.1) is 0 Å². The third kappa shape index (κ3) is 3.26. The first-order valence-electron chi connectivity index (χ1n) is 6.58. The summed E-state index contributed by atoms with van der Waals surface area (Å²) in [6.07, 6.45) is 3.90. The smallest absolute Gasteiger partial charge is 0.152 e. The van der Waals surface area contributed by atoms with Crippen LogP contribution in [0.5, 0.6) is 0 Å². The highest BCUT2D eigenvalue weighted by Gasteiger charge is 2.30. The summed E-state index contributed by atoms with van der Waals surface area (Å²) in [5.41, 5.74) is 1.28. The zero-order valence-corrected chi connectivity index (χ0v) is 12.9. The molecule has 0 aromatic carbocycles. The van der Waals surface area contributed by atoms with Gasteiger partial charge < -0.3 is 4.90 Å². The molecule has 1 unspecified atom stereocenters. The average Bonchev–Trinajstić information content (AvgIpc) is 2.77. The van der Waals surface area contributed by atoms with Crippen LogP contribution in [0.25, 0.3) is 0 Å². The molecule has 1 atom stereocenters. The summed E-state index contributed by atoms with van der Waals surface area (Å²) in [6.45, 7) is 7.78. The normalized spacial score (nSPS) is 20.8. The van der Waals surface area contributed by atoms with E-state index in [0.29, 0.717) is 13.0 Å². The third-order valence-corrected chi connectivity index (χ3v) is 5.28. The van der Waals surface area contributed by atoms with Crippen LogP contribution < -0.4 is 4.90 Å². The lowest BCUT2D eigenvalue weighted by atomic mass is 9.88. The molecule has 1 aromatic heterocycles. The average molecular weight is 282 g/mol. The number of aromatic nitrogens is 1. The van der Waals surface area contributed by atoms with Gasteiger partial charge >= 0.3 is 0 Å². The second-order valence-corrected chi connectivity index (χ2v) is 8.67. The quantitative estimate of drug-likeness (QED) is 0.832. The van der Waals surface area contributed by atoms with E-state index in [1.54, 1.807) is 0 Å². The number of hydrogen-bond acceptors (Lipinski definition) is 4. The van der Waals surface area contributed by atoms with Crippen molar-refractivity contribution in [3.8, 4) is 0 Å². The van der Waals surface area contributed by atoms with Gasteiger partial charge in [0.1, 0.15) is 5.82 Å². The molecule has 1 aliphatic rings. The van der Waals surface area contributed by atoms with Gasteiger partial charge in [-0.1, -0.05) is 26.8 Å². The Morgan fingerprint density at radius 1 is 1.32 bits per heavy atom.